The van der Waals surface area contributed by atoms with Crippen molar-refractivity contribution in [1.82, 2.24) is 0 Å². The first-order valence-electron chi connectivity index (χ1n) is 6.50. The van der Waals surface area contributed by atoms with Gasteiger partial charge in [0, 0.05) is 5.57 Å². The van der Waals surface area contributed by atoms with E-state index >= 15 is 0 Å². The molecule has 1 aromatic carbocycles. The lowest BCUT2D eigenvalue weighted by atomic mass is 9.94. The van der Waals surface area contributed by atoms with Crippen molar-refractivity contribution < 1.29 is 19.8 Å². The second-order valence-corrected chi connectivity index (χ2v) is 4.82. The lowest BCUT2D eigenvalue weighted by Crippen LogP contribution is -2.04. The number of carboxylic acids is 2. The van der Waals surface area contributed by atoms with Crippen molar-refractivity contribution in [3.63, 3.8) is 0 Å². The van der Waals surface area contributed by atoms with E-state index in [2.05, 4.69) is 0 Å². The molecule has 0 amide bonds. The highest BCUT2D eigenvalue weighted by molar-refractivity contribution is 5.87. The van der Waals surface area contributed by atoms with Crippen molar-refractivity contribution in [3.05, 3.63) is 58.7 Å². The number of aromatic carboxylic acids is 1. The molecule has 0 aromatic heterocycles. The number of aryl methyl sites for hydroxylation is 1. The number of carbonyl (C=O) groups is 2. The minimum atomic E-state index is -0.919. The summed E-state index contributed by atoms with van der Waals surface area (Å²) in [6, 6.07) is 6.86. The van der Waals surface area contributed by atoms with Gasteiger partial charge >= 0.3 is 11.9 Å². The average molecular weight is 272 g/mol. The number of benzene rings is 1. The summed E-state index contributed by atoms with van der Waals surface area (Å²) < 4.78 is 0. The van der Waals surface area contributed by atoms with Crippen LogP contribution in [0.2, 0.25) is 0 Å². The highest BCUT2D eigenvalue weighted by atomic mass is 16.4. The van der Waals surface area contributed by atoms with Crippen LogP contribution < -0.4 is 0 Å². The topological polar surface area (TPSA) is 74.6 Å². The molecule has 2 rings (SSSR count). The molecular weight excluding hydrogens is 256 g/mol. The Balaban J connectivity index is 1.93. The van der Waals surface area contributed by atoms with Crippen LogP contribution in [0.5, 0.6) is 0 Å². The third-order valence-electron chi connectivity index (χ3n) is 3.45. The van der Waals surface area contributed by atoms with Gasteiger partial charge in [-0.15, -0.1) is 0 Å². The Labute approximate surface area is 117 Å². The quantitative estimate of drug-likeness (QED) is 0.863. The Morgan fingerprint density at radius 2 is 1.60 bits per heavy atom. The molecule has 0 saturated carbocycles. The third-order valence-corrected chi connectivity index (χ3v) is 3.45. The summed E-state index contributed by atoms with van der Waals surface area (Å²) in [5.74, 6) is -1.76. The smallest absolute Gasteiger partial charge is 0.335 e. The predicted octanol–water partition coefficient (Wildman–Crippen LogP) is 3.05. The Bertz CT molecular complexity index is 579. The highest BCUT2D eigenvalue weighted by Crippen LogP contribution is 2.22. The van der Waals surface area contributed by atoms with Crippen LogP contribution in [-0.4, -0.2) is 22.2 Å². The summed E-state index contributed by atoms with van der Waals surface area (Å²) in [4.78, 5) is 21.5. The first-order valence-corrected chi connectivity index (χ1v) is 6.50. The van der Waals surface area contributed by atoms with Crippen molar-refractivity contribution in [2.45, 2.75) is 25.7 Å². The van der Waals surface area contributed by atoms with Gasteiger partial charge in [0.15, 0.2) is 0 Å². The van der Waals surface area contributed by atoms with Gasteiger partial charge in [-0.2, -0.15) is 0 Å². The number of hydrogen-bond acceptors (Lipinski definition) is 2. The number of allylic oxidation sites excluding steroid dienone is 3. The lowest BCUT2D eigenvalue weighted by molar-refractivity contribution is -0.132. The fraction of sp³-hybridized carbons (Fsp3) is 0.250. The maximum atomic E-state index is 10.8. The highest BCUT2D eigenvalue weighted by Gasteiger charge is 2.12. The second kappa shape index (κ2) is 6.19. The van der Waals surface area contributed by atoms with Gasteiger partial charge in [-0.1, -0.05) is 29.9 Å². The van der Waals surface area contributed by atoms with Crippen LogP contribution in [0.4, 0.5) is 0 Å². The average Bonchev–Trinajstić information content (AvgIpc) is 2.46. The molecule has 4 heteroatoms. The third kappa shape index (κ3) is 3.57. The first kappa shape index (κ1) is 14.1. The van der Waals surface area contributed by atoms with E-state index in [1.165, 1.54) is 5.57 Å². The van der Waals surface area contributed by atoms with E-state index < -0.39 is 11.9 Å². The fourth-order valence-corrected chi connectivity index (χ4v) is 2.19. The molecular formula is C16H16O4. The molecule has 0 aliphatic heterocycles. The molecule has 4 nitrogen and oxygen atoms in total. The van der Waals surface area contributed by atoms with Crippen molar-refractivity contribution in [3.8, 4) is 0 Å². The second-order valence-electron chi connectivity index (χ2n) is 4.82. The molecule has 0 radical (unpaired) electrons. The van der Waals surface area contributed by atoms with Crippen LogP contribution in [0.1, 0.15) is 35.2 Å². The zero-order chi connectivity index (χ0) is 14.5. The first-order chi connectivity index (χ1) is 9.56. The Morgan fingerprint density at radius 1 is 0.900 bits per heavy atom. The maximum Gasteiger partial charge on any atom is 0.335 e. The van der Waals surface area contributed by atoms with E-state index in [0.29, 0.717) is 17.6 Å². The lowest BCUT2D eigenvalue weighted by Gasteiger charge is -2.12. The van der Waals surface area contributed by atoms with E-state index in [4.69, 9.17) is 10.2 Å². The van der Waals surface area contributed by atoms with Crippen molar-refractivity contribution in [2.24, 2.45) is 0 Å². The van der Waals surface area contributed by atoms with Crippen molar-refractivity contribution in [2.75, 3.05) is 0 Å². The number of hydrogen-bond donors (Lipinski definition) is 2. The van der Waals surface area contributed by atoms with E-state index in [1.54, 1.807) is 18.2 Å². The van der Waals surface area contributed by atoms with Crippen LogP contribution in [0.25, 0.3) is 0 Å². The molecule has 0 fully saturated rings. The summed E-state index contributed by atoms with van der Waals surface area (Å²) in [7, 11) is 0. The van der Waals surface area contributed by atoms with Gasteiger partial charge in [0.25, 0.3) is 0 Å². The summed E-state index contributed by atoms with van der Waals surface area (Å²) >= 11 is 0. The standard InChI is InChI=1S/C16H16O4/c17-15(18)13-7-3-11(4-8-13)1-2-12-5-9-14(10-6-12)16(19)20/h3-5,7-9H,1-2,6,10H2,(H,17,18)(H,19,20). The fourth-order valence-electron chi connectivity index (χ4n) is 2.19. The number of carboxylic acid groups (broad SMARTS) is 2. The largest absolute Gasteiger partial charge is 0.478 e. The summed E-state index contributed by atoms with van der Waals surface area (Å²) in [5, 5.41) is 17.7. The Kier molecular flexibility index (Phi) is 4.35. The molecule has 1 aliphatic rings. The number of rotatable bonds is 5. The molecule has 0 heterocycles. The van der Waals surface area contributed by atoms with Crippen LogP contribution in [0.15, 0.2) is 47.6 Å². The van der Waals surface area contributed by atoms with Crippen LogP contribution in [0.3, 0.4) is 0 Å². The zero-order valence-electron chi connectivity index (χ0n) is 11.0. The predicted molar refractivity (Wildman–Crippen MR) is 74.8 cm³/mol. The van der Waals surface area contributed by atoms with Gasteiger partial charge in [-0.25, -0.2) is 9.59 Å². The van der Waals surface area contributed by atoms with Gasteiger partial charge in [0.2, 0.25) is 0 Å². The number of aliphatic carboxylic acids is 1. The molecule has 0 unspecified atom stereocenters. The molecule has 104 valence electrons. The maximum absolute atomic E-state index is 10.8. The van der Waals surface area contributed by atoms with Crippen LogP contribution in [0, 0.1) is 0 Å². The van der Waals surface area contributed by atoms with Gasteiger partial charge in [0.05, 0.1) is 5.56 Å². The molecule has 0 atom stereocenters. The Morgan fingerprint density at radius 3 is 2.10 bits per heavy atom. The van der Waals surface area contributed by atoms with Gasteiger partial charge in [0.1, 0.15) is 0 Å². The molecule has 0 saturated heterocycles. The van der Waals surface area contributed by atoms with E-state index in [0.717, 1.165) is 24.8 Å². The Hall–Kier alpha value is -2.36. The zero-order valence-corrected chi connectivity index (χ0v) is 11.0. The molecule has 0 spiro atoms. The van der Waals surface area contributed by atoms with Gasteiger partial charge in [-0.3, -0.25) is 0 Å². The summed E-state index contributed by atoms with van der Waals surface area (Å²) in [6.45, 7) is 0. The van der Waals surface area contributed by atoms with Crippen molar-refractivity contribution >= 4 is 11.9 Å². The monoisotopic (exact) mass is 272 g/mol. The van der Waals surface area contributed by atoms with Crippen LogP contribution >= 0.6 is 0 Å². The molecule has 2 N–H and O–H groups in total. The normalized spacial score (nSPS) is 14.4. The van der Waals surface area contributed by atoms with Crippen molar-refractivity contribution in [1.29, 1.82) is 0 Å². The summed E-state index contributed by atoms with van der Waals surface area (Å²) in [6.07, 6.45) is 6.63. The minimum Gasteiger partial charge on any atom is -0.478 e. The van der Waals surface area contributed by atoms with E-state index in [1.807, 2.05) is 18.2 Å². The van der Waals surface area contributed by atoms with Gasteiger partial charge < -0.3 is 10.2 Å². The van der Waals surface area contributed by atoms with Gasteiger partial charge in [-0.05, 0) is 43.4 Å². The molecule has 1 aromatic rings. The SMILES string of the molecule is O=C(O)C1=CC=C(CCc2ccc(C(=O)O)cc2)CC1. The molecule has 0 bridgehead atoms. The van der Waals surface area contributed by atoms with Crippen LogP contribution in [-0.2, 0) is 11.2 Å². The van der Waals surface area contributed by atoms with E-state index in [9.17, 15) is 9.59 Å². The molecule has 20 heavy (non-hydrogen) atoms. The minimum absolute atomic E-state index is 0.291. The molecule has 1 aliphatic carbocycles. The summed E-state index contributed by atoms with van der Waals surface area (Å²) in [5.41, 5.74) is 3.07. The van der Waals surface area contributed by atoms with E-state index in [-0.39, 0.29) is 0 Å².